The summed E-state index contributed by atoms with van der Waals surface area (Å²) in [6.45, 7) is 0. The van der Waals surface area contributed by atoms with Gasteiger partial charge in [0.2, 0.25) is 0 Å². The number of alkyl halides is 6. The smallest absolute Gasteiger partial charge is 0.439 e. The number of hydrogen-bond donors (Lipinski definition) is 1. The van der Waals surface area contributed by atoms with Crippen LogP contribution in [-0.2, 0) is 0 Å². The van der Waals surface area contributed by atoms with E-state index in [0.717, 1.165) is 18.2 Å². The number of halogens is 8. The maximum atomic E-state index is 13.9. The van der Waals surface area contributed by atoms with Gasteiger partial charge < -0.3 is 9.84 Å². The van der Waals surface area contributed by atoms with Crippen LogP contribution in [0.2, 0.25) is 0 Å². The molecule has 2 rings (SSSR count). The Kier molecular flexibility index (Phi) is 5.34. The summed E-state index contributed by atoms with van der Waals surface area (Å²) >= 11 is 0. The summed E-state index contributed by atoms with van der Waals surface area (Å²) in [6.07, 6.45) is -16.0. The van der Waals surface area contributed by atoms with Gasteiger partial charge in [0.15, 0.2) is 11.6 Å². The van der Waals surface area contributed by atoms with Crippen molar-refractivity contribution >= 4 is 5.97 Å². The average Bonchev–Trinajstić information content (AvgIpc) is 2.55. The number of benzene rings is 2. The minimum atomic E-state index is -5.94. The fourth-order valence-corrected chi connectivity index (χ4v) is 2.02. The number of rotatable bonds is 5. The van der Waals surface area contributed by atoms with Crippen molar-refractivity contribution in [2.75, 3.05) is 0 Å². The Bertz CT molecular complexity index is 863. The maximum absolute atomic E-state index is 13.9. The molecule has 3 nitrogen and oxygen atoms in total. The molecule has 0 aliphatic carbocycles. The molecular formula is C16H8F8O3. The summed E-state index contributed by atoms with van der Waals surface area (Å²) in [5.41, 5.74) is -0.960. The molecule has 0 saturated carbocycles. The van der Waals surface area contributed by atoms with Crippen molar-refractivity contribution in [3.8, 4) is 16.9 Å². The fourth-order valence-electron chi connectivity index (χ4n) is 2.02. The van der Waals surface area contributed by atoms with Crippen molar-refractivity contribution in [2.45, 2.75) is 18.5 Å². The van der Waals surface area contributed by atoms with Crippen LogP contribution in [0.4, 0.5) is 35.1 Å². The van der Waals surface area contributed by atoms with E-state index in [2.05, 4.69) is 4.74 Å². The van der Waals surface area contributed by atoms with Crippen LogP contribution in [0.3, 0.4) is 0 Å². The van der Waals surface area contributed by atoms with Crippen molar-refractivity contribution in [3.63, 3.8) is 0 Å². The lowest BCUT2D eigenvalue weighted by Crippen LogP contribution is -2.45. The van der Waals surface area contributed by atoms with Crippen LogP contribution in [0.1, 0.15) is 10.4 Å². The molecule has 146 valence electrons. The van der Waals surface area contributed by atoms with Gasteiger partial charge in [-0.3, -0.25) is 0 Å². The van der Waals surface area contributed by atoms with Crippen LogP contribution in [0, 0.1) is 11.6 Å². The summed E-state index contributed by atoms with van der Waals surface area (Å²) in [5, 5.41) is 8.74. The molecule has 0 aliphatic rings. The topological polar surface area (TPSA) is 46.5 Å². The van der Waals surface area contributed by atoms with Crippen molar-refractivity contribution in [2.24, 2.45) is 0 Å². The first-order chi connectivity index (χ1) is 12.3. The molecule has 2 aromatic rings. The number of aromatic carboxylic acids is 1. The predicted molar refractivity (Wildman–Crippen MR) is 75.3 cm³/mol. The van der Waals surface area contributed by atoms with Gasteiger partial charge >= 0.3 is 18.3 Å². The molecule has 0 heterocycles. The van der Waals surface area contributed by atoms with E-state index in [0.29, 0.717) is 18.2 Å². The lowest BCUT2D eigenvalue weighted by molar-refractivity contribution is -0.305. The molecule has 2 aromatic carbocycles. The second-order valence-electron chi connectivity index (χ2n) is 5.21. The van der Waals surface area contributed by atoms with Crippen molar-refractivity contribution < 1.29 is 49.8 Å². The van der Waals surface area contributed by atoms with Crippen LogP contribution in [0.25, 0.3) is 11.1 Å². The molecule has 11 heteroatoms. The van der Waals surface area contributed by atoms with Gasteiger partial charge in [0, 0.05) is 5.56 Å². The van der Waals surface area contributed by atoms with E-state index in [1.165, 1.54) is 0 Å². The Labute approximate surface area is 145 Å². The first-order valence-corrected chi connectivity index (χ1v) is 6.93. The third-order valence-electron chi connectivity index (χ3n) is 3.29. The number of hydrogen-bond acceptors (Lipinski definition) is 2. The molecular weight excluding hydrogens is 392 g/mol. The normalized spacial score (nSPS) is 13.3. The molecule has 0 aliphatic heterocycles. The molecule has 0 bridgehead atoms. The van der Waals surface area contributed by atoms with Gasteiger partial charge in [-0.15, -0.1) is 0 Å². The van der Waals surface area contributed by atoms with E-state index in [9.17, 15) is 39.9 Å². The highest BCUT2D eigenvalue weighted by Crippen LogP contribution is 2.38. The Hall–Kier alpha value is -2.85. The lowest BCUT2D eigenvalue weighted by atomic mass is 10.0. The fraction of sp³-hybridized carbons (Fsp3) is 0.188. The highest BCUT2D eigenvalue weighted by molar-refractivity contribution is 5.88. The van der Waals surface area contributed by atoms with Gasteiger partial charge in [-0.05, 0) is 29.8 Å². The lowest BCUT2D eigenvalue weighted by Gasteiger charge is -2.23. The van der Waals surface area contributed by atoms with Crippen LogP contribution in [0.5, 0.6) is 5.75 Å². The third kappa shape index (κ3) is 4.47. The summed E-state index contributed by atoms with van der Waals surface area (Å²) < 4.78 is 107. The SMILES string of the molecule is O=C(O)c1ccc(-c2ccc(OC(F)(F)C(F)C(F)(F)F)c(F)c2)c(F)c1. The van der Waals surface area contributed by atoms with E-state index in [4.69, 9.17) is 5.11 Å². The molecule has 0 radical (unpaired) electrons. The van der Waals surface area contributed by atoms with Crippen LogP contribution in [0.15, 0.2) is 36.4 Å². The Morgan fingerprint density at radius 2 is 1.59 bits per heavy atom. The number of carbonyl (C=O) groups is 1. The average molecular weight is 400 g/mol. The van der Waals surface area contributed by atoms with Crippen LogP contribution < -0.4 is 4.74 Å². The number of carboxylic acids is 1. The molecule has 0 aromatic heterocycles. The van der Waals surface area contributed by atoms with Crippen molar-refractivity contribution in [3.05, 3.63) is 53.6 Å². The zero-order valence-electron chi connectivity index (χ0n) is 12.8. The zero-order valence-corrected chi connectivity index (χ0v) is 12.8. The minimum absolute atomic E-state index is 0.245. The Morgan fingerprint density at radius 3 is 2.07 bits per heavy atom. The summed E-state index contributed by atoms with van der Waals surface area (Å²) in [4.78, 5) is 10.7. The Balaban J connectivity index is 2.32. The molecule has 0 amide bonds. The van der Waals surface area contributed by atoms with Crippen LogP contribution in [-0.4, -0.2) is 29.5 Å². The number of carboxylic acid groups (broad SMARTS) is 1. The minimum Gasteiger partial charge on any atom is -0.478 e. The molecule has 1 atom stereocenters. The molecule has 27 heavy (non-hydrogen) atoms. The third-order valence-corrected chi connectivity index (χ3v) is 3.29. The van der Waals surface area contributed by atoms with E-state index >= 15 is 0 Å². The zero-order chi connectivity index (χ0) is 20.6. The van der Waals surface area contributed by atoms with Gasteiger partial charge in [-0.25, -0.2) is 18.0 Å². The van der Waals surface area contributed by atoms with E-state index in [1.54, 1.807) is 0 Å². The molecule has 0 spiro atoms. The molecule has 1 N–H and O–H groups in total. The van der Waals surface area contributed by atoms with Crippen LogP contribution >= 0.6 is 0 Å². The first-order valence-electron chi connectivity index (χ1n) is 6.93. The highest BCUT2D eigenvalue weighted by Gasteiger charge is 2.59. The van der Waals surface area contributed by atoms with Gasteiger partial charge in [0.05, 0.1) is 5.56 Å². The van der Waals surface area contributed by atoms with Gasteiger partial charge in [-0.2, -0.15) is 22.0 Å². The largest absolute Gasteiger partial charge is 0.478 e. The highest BCUT2D eigenvalue weighted by atomic mass is 19.4. The second kappa shape index (κ2) is 7.05. The van der Waals surface area contributed by atoms with Gasteiger partial charge in [-0.1, -0.05) is 12.1 Å². The monoisotopic (exact) mass is 400 g/mol. The second-order valence-corrected chi connectivity index (χ2v) is 5.21. The molecule has 0 saturated heterocycles. The molecule has 0 fully saturated rings. The van der Waals surface area contributed by atoms with Crippen molar-refractivity contribution in [1.82, 2.24) is 0 Å². The van der Waals surface area contributed by atoms with E-state index < -0.39 is 47.4 Å². The maximum Gasteiger partial charge on any atom is 0.439 e. The summed E-state index contributed by atoms with van der Waals surface area (Å²) in [6, 6.07) is 4.36. The summed E-state index contributed by atoms with van der Waals surface area (Å²) in [5.74, 6) is -5.50. The van der Waals surface area contributed by atoms with Crippen molar-refractivity contribution in [1.29, 1.82) is 0 Å². The Morgan fingerprint density at radius 1 is 0.963 bits per heavy atom. The molecule has 1 unspecified atom stereocenters. The number of ether oxygens (including phenoxy) is 1. The van der Waals surface area contributed by atoms with E-state index in [1.807, 2.05) is 0 Å². The first kappa shape index (κ1) is 20.5. The quantitative estimate of drug-likeness (QED) is 0.702. The van der Waals surface area contributed by atoms with E-state index in [-0.39, 0.29) is 11.1 Å². The van der Waals surface area contributed by atoms with Gasteiger partial charge in [0.25, 0.3) is 6.17 Å². The summed E-state index contributed by atoms with van der Waals surface area (Å²) in [7, 11) is 0. The van der Waals surface area contributed by atoms with Gasteiger partial charge in [0.1, 0.15) is 5.82 Å². The predicted octanol–water partition coefficient (Wildman–Crippen LogP) is 5.20. The standard InChI is InChI=1S/C16H8F8O3/c17-10-6-8(13(25)26)1-3-9(10)7-2-4-12(11(18)5-7)27-16(23,24)14(19)15(20,21)22/h1-6,14H,(H,25,26).